The number of rotatable bonds is 1. The van der Waals surface area contributed by atoms with E-state index in [-0.39, 0.29) is 11.6 Å². The van der Waals surface area contributed by atoms with Crippen molar-refractivity contribution in [1.29, 1.82) is 0 Å². The van der Waals surface area contributed by atoms with E-state index in [4.69, 9.17) is 0 Å². The number of hydrogen-bond donors (Lipinski definition) is 1. The van der Waals surface area contributed by atoms with Crippen LogP contribution in [0.4, 0.5) is 5.69 Å². The minimum Gasteiger partial charge on any atom is -0.379 e. The molecule has 1 aliphatic heterocycles. The van der Waals surface area contributed by atoms with Gasteiger partial charge in [-0.3, -0.25) is 9.79 Å². The Morgan fingerprint density at radius 2 is 2.15 bits per heavy atom. The molecule has 0 spiro atoms. The van der Waals surface area contributed by atoms with Crippen LogP contribution in [0.3, 0.4) is 0 Å². The minimum absolute atomic E-state index is 0.0454. The third-order valence-electron chi connectivity index (χ3n) is 3.84. The Morgan fingerprint density at radius 1 is 1.40 bits per heavy atom. The third kappa shape index (κ3) is 1.83. The van der Waals surface area contributed by atoms with Crippen LogP contribution in [0.1, 0.15) is 26.3 Å². The highest BCUT2D eigenvalue weighted by molar-refractivity contribution is 6.10. The van der Waals surface area contributed by atoms with E-state index in [9.17, 15) is 4.79 Å². The first kappa shape index (κ1) is 12.9. The van der Waals surface area contributed by atoms with Gasteiger partial charge in [0.15, 0.2) is 0 Å². The molecule has 3 rings (SSSR count). The molecule has 0 fully saturated rings. The summed E-state index contributed by atoms with van der Waals surface area (Å²) in [5.41, 5.74) is 3.50. The smallest absolute Gasteiger partial charge is 0.262 e. The van der Waals surface area contributed by atoms with Gasteiger partial charge in [-0.25, -0.2) is 0 Å². The van der Waals surface area contributed by atoms with Gasteiger partial charge in [0.2, 0.25) is 0 Å². The van der Waals surface area contributed by atoms with E-state index in [1.807, 2.05) is 36.6 Å². The van der Waals surface area contributed by atoms with Crippen LogP contribution in [0.2, 0.25) is 0 Å². The number of aryl methyl sites for hydroxylation is 1. The Balaban J connectivity index is 2.49. The monoisotopic (exact) mass is 269 g/mol. The fourth-order valence-electron chi connectivity index (χ4n) is 2.85. The molecule has 0 bridgehead atoms. The summed E-state index contributed by atoms with van der Waals surface area (Å²) in [6.45, 7) is 7.37. The lowest BCUT2D eigenvalue weighted by atomic mass is 10.0. The number of aliphatic imine (C=N–C) groups is 1. The van der Waals surface area contributed by atoms with E-state index in [2.05, 4.69) is 23.3 Å². The number of fused-ring (bicyclic) bond motifs is 3. The summed E-state index contributed by atoms with van der Waals surface area (Å²) < 4.78 is 1.82. The van der Waals surface area contributed by atoms with Crippen molar-refractivity contribution in [3.05, 3.63) is 40.2 Å². The first-order chi connectivity index (χ1) is 9.63. The normalized spacial score (nSPS) is 18.1. The van der Waals surface area contributed by atoms with Crippen molar-refractivity contribution in [2.24, 2.45) is 4.99 Å². The van der Waals surface area contributed by atoms with E-state index in [1.165, 1.54) is 0 Å². The highest BCUT2D eigenvalue weighted by Gasteiger charge is 2.21. The zero-order valence-electron chi connectivity index (χ0n) is 12.1. The number of aromatic nitrogens is 1. The first-order valence-electron chi connectivity index (χ1n) is 7.07. The van der Waals surface area contributed by atoms with Crippen molar-refractivity contribution < 1.29 is 0 Å². The predicted molar refractivity (Wildman–Crippen MR) is 84.0 cm³/mol. The van der Waals surface area contributed by atoms with Crippen molar-refractivity contribution in [2.45, 2.75) is 33.4 Å². The van der Waals surface area contributed by atoms with Crippen LogP contribution < -0.4 is 10.9 Å². The Morgan fingerprint density at radius 3 is 2.90 bits per heavy atom. The van der Waals surface area contributed by atoms with Crippen molar-refractivity contribution in [1.82, 2.24) is 4.57 Å². The number of hydrogen-bond acceptors (Lipinski definition) is 3. The molecule has 4 heteroatoms. The lowest BCUT2D eigenvalue weighted by Gasteiger charge is -2.18. The molecule has 1 N–H and O–H groups in total. The van der Waals surface area contributed by atoms with Crippen LogP contribution in [-0.4, -0.2) is 22.9 Å². The predicted octanol–water partition coefficient (Wildman–Crippen LogP) is 2.64. The number of para-hydroxylation sites is 1. The third-order valence-corrected chi connectivity index (χ3v) is 3.84. The Hall–Kier alpha value is -2.10. The zero-order valence-corrected chi connectivity index (χ0v) is 12.1. The van der Waals surface area contributed by atoms with Crippen LogP contribution in [0.5, 0.6) is 0 Å². The van der Waals surface area contributed by atoms with E-state index in [0.29, 0.717) is 13.1 Å². The topological polar surface area (TPSA) is 46.4 Å². The van der Waals surface area contributed by atoms with Gasteiger partial charge in [-0.05, 0) is 26.8 Å². The molecule has 1 atom stereocenters. The second-order valence-electron chi connectivity index (χ2n) is 5.29. The van der Waals surface area contributed by atoms with Crippen molar-refractivity contribution in [2.75, 3.05) is 11.9 Å². The van der Waals surface area contributed by atoms with Gasteiger partial charge in [0.1, 0.15) is 0 Å². The maximum Gasteiger partial charge on any atom is 0.262 e. The summed E-state index contributed by atoms with van der Waals surface area (Å²) in [7, 11) is 0. The standard InChI is InChI=1S/C16H19N3O/c1-4-19-13-8-6-5-7-12(13)15-14(16(19)20)11(3)17-9-10(2)18-15/h5-8,10,18H,4,9H2,1-3H3. The fraction of sp³-hybridized carbons (Fsp3) is 0.375. The van der Waals surface area contributed by atoms with Crippen LogP contribution in [0.15, 0.2) is 34.1 Å². The summed E-state index contributed by atoms with van der Waals surface area (Å²) in [4.78, 5) is 17.3. The van der Waals surface area contributed by atoms with E-state index in [0.717, 1.165) is 27.9 Å². The van der Waals surface area contributed by atoms with Gasteiger partial charge in [0.05, 0.1) is 23.3 Å². The molecule has 0 saturated carbocycles. The van der Waals surface area contributed by atoms with Gasteiger partial charge in [-0.15, -0.1) is 0 Å². The number of nitrogens with zero attached hydrogens (tertiary/aromatic N) is 2. The Kier molecular flexibility index (Phi) is 3.08. The molecule has 0 aliphatic carbocycles. The number of pyridine rings is 1. The van der Waals surface area contributed by atoms with Crippen LogP contribution in [-0.2, 0) is 6.54 Å². The highest BCUT2D eigenvalue weighted by Crippen LogP contribution is 2.27. The van der Waals surface area contributed by atoms with E-state index in [1.54, 1.807) is 0 Å². The molecule has 2 heterocycles. The van der Waals surface area contributed by atoms with Crippen LogP contribution >= 0.6 is 0 Å². The quantitative estimate of drug-likeness (QED) is 0.865. The SMILES string of the molecule is CCn1c(=O)c2c(c3ccccc31)NC(C)CN=C2C. The second-order valence-corrected chi connectivity index (χ2v) is 5.29. The average Bonchev–Trinajstić information content (AvgIpc) is 2.59. The van der Waals surface area contributed by atoms with Gasteiger partial charge < -0.3 is 9.88 Å². The average molecular weight is 269 g/mol. The fourth-order valence-corrected chi connectivity index (χ4v) is 2.85. The molecule has 1 aromatic carbocycles. The highest BCUT2D eigenvalue weighted by atomic mass is 16.1. The summed E-state index contributed by atoms with van der Waals surface area (Å²) >= 11 is 0. The molecule has 1 aromatic heterocycles. The number of anilines is 1. The maximum atomic E-state index is 12.8. The minimum atomic E-state index is 0.0454. The lowest BCUT2D eigenvalue weighted by molar-refractivity contribution is 0.758. The molecule has 2 aromatic rings. The van der Waals surface area contributed by atoms with Crippen molar-refractivity contribution in [3.8, 4) is 0 Å². The zero-order chi connectivity index (χ0) is 14.3. The van der Waals surface area contributed by atoms with Crippen molar-refractivity contribution >= 4 is 22.3 Å². The lowest BCUT2D eigenvalue weighted by Crippen LogP contribution is -2.28. The number of benzene rings is 1. The molecule has 104 valence electrons. The van der Waals surface area contributed by atoms with Gasteiger partial charge in [0.25, 0.3) is 5.56 Å². The Bertz CT molecular complexity index is 758. The van der Waals surface area contributed by atoms with Gasteiger partial charge in [0, 0.05) is 23.7 Å². The second kappa shape index (κ2) is 4.78. The van der Waals surface area contributed by atoms with E-state index >= 15 is 0 Å². The molecule has 0 amide bonds. The van der Waals surface area contributed by atoms with Gasteiger partial charge in [-0.1, -0.05) is 18.2 Å². The summed E-state index contributed by atoms with van der Waals surface area (Å²) in [6.07, 6.45) is 0. The molecule has 0 saturated heterocycles. The first-order valence-corrected chi connectivity index (χ1v) is 7.07. The van der Waals surface area contributed by atoms with Gasteiger partial charge in [-0.2, -0.15) is 0 Å². The van der Waals surface area contributed by atoms with Crippen LogP contribution in [0, 0.1) is 0 Å². The molecule has 20 heavy (non-hydrogen) atoms. The largest absolute Gasteiger partial charge is 0.379 e. The summed E-state index contributed by atoms with van der Waals surface area (Å²) in [5, 5.41) is 4.55. The molecule has 4 nitrogen and oxygen atoms in total. The summed E-state index contributed by atoms with van der Waals surface area (Å²) in [6, 6.07) is 8.28. The Labute approximate surface area is 118 Å². The number of nitrogens with one attached hydrogen (secondary N) is 1. The molecule has 1 aliphatic rings. The van der Waals surface area contributed by atoms with E-state index < -0.39 is 0 Å². The van der Waals surface area contributed by atoms with Crippen LogP contribution in [0.25, 0.3) is 10.9 Å². The molecular formula is C16H19N3O. The summed E-state index contributed by atoms with van der Waals surface area (Å²) in [5.74, 6) is 0. The van der Waals surface area contributed by atoms with Gasteiger partial charge >= 0.3 is 0 Å². The molecule has 1 unspecified atom stereocenters. The van der Waals surface area contributed by atoms with Crippen molar-refractivity contribution in [3.63, 3.8) is 0 Å². The molecular weight excluding hydrogens is 250 g/mol. The molecule has 0 radical (unpaired) electrons. The maximum absolute atomic E-state index is 12.8.